The summed E-state index contributed by atoms with van der Waals surface area (Å²) in [7, 11) is 1.32. The number of methoxy groups -OCH3 is 1. The molecule has 0 radical (unpaired) electrons. The Balaban J connectivity index is 3.87. The van der Waals surface area contributed by atoms with Gasteiger partial charge in [0.25, 0.3) is 0 Å². The summed E-state index contributed by atoms with van der Waals surface area (Å²) in [5.41, 5.74) is 0. The molecule has 0 spiro atoms. The van der Waals surface area contributed by atoms with Gasteiger partial charge in [-0.1, -0.05) is 78.1 Å². The summed E-state index contributed by atoms with van der Waals surface area (Å²) < 4.78 is 4.81. The maximum absolute atomic E-state index is 12.1. The Morgan fingerprint density at radius 2 is 1.03 bits per heavy atom. The van der Waals surface area contributed by atoms with Gasteiger partial charge < -0.3 is 26.0 Å². The molecule has 0 saturated heterocycles. The van der Waals surface area contributed by atoms with Gasteiger partial charge in [-0.15, -0.1) is 0 Å². The van der Waals surface area contributed by atoms with Crippen molar-refractivity contribution < 1.29 is 19.1 Å². The van der Waals surface area contributed by atoms with Crippen LogP contribution in [0.5, 0.6) is 0 Å². The maximum atomic E-state index is 12.1. The lowest BCUT2D eigenvalue weighted by atomic mass is 10.1. The highest BCUT2D eigenvalue weighted by Crippen LogP contribution is 2.05. The molecule has 4 N–H and O–H groups in total. The number of hydrogen-bond donors (Lipinski definition) is 4. The molecule has 0 aromatic rings. The third kappa shape index (κ3) is 20.4. The lowest BCUT2D eigenvalue weighted by molar-refractivity contribution is -0.143. The van der Waals surface area contributed by atoms with Crippen molar-refractivity contribution in [2.75, 3.05) is 26.7 Å². The molecule has 0 aliphatic rings. The molecular formula is C25H50N4O4. The quantitative estimate of drug-likeness (QED) is 0.139. The Hall–Kier alpha value is -1.99. The van der Waals surface area contributed by atoms with Crippen LogP contribution in [0.4, 0.5) is 9.59 Å². The van der Waals surface area contributed by atoms with Crippen molar-refractivity contribution in [3.63, 3.8) is 0 Å². The fraction of sp³-hybridized carbons (Fsp3) is 0.880. The van der Waals surface area contributed by atoms with E-state index in [1.807, 2.05) is 0 Å². The van der Waals surface area contributed by atoms with E-state index in [-0.39, 0.29) is 12.1 Å². The second-order valence-corrected chi connectivity index (χ2v) is 8.69. The highest BCUT2D eigenvalue weighted by molar-refractivity contribution is 5.83. The number of amides is 4. The van der Waals surface area contributed by atoms with Crippen LogP contribution in [0.25, 0.3) is 0 Å². The number of esters is 1. The highest BCUT2D eigenvalue weighted by Gasteiger charge is 2.20. The molecule has 8 nitrogen and oxygen atoms in total. The Morgan fingerprint density at radius 1 is 0.606 bits per heavy atom. The van der Waals surface area contributed by atoms with Gasteiger partial charge in [0.1, 0.15) is 6.04 Å². The number of urea groups is 2. The number of rotatable bonds is 21. The van der Waals surface area contributed by atoms with Gasteiger partial charge in [0.05, 0.1) is 7.11 Å². The van der Waals surface area contributed by atoms with E-state index in [2.05, 4.69) is 35.1 Å². The molecule has 0 aromatic carbocycles. The van der Waals surface area contributed by atoms with E-state index in [0.29, 0.717) is 32.5 Å². The van der Waals surface area contributed by atoms with E-state index in [1.54, 1.807) is 0 Å². The predicted octanol–water partition coefficient (Wildman–Crippen LogP) is 5.02. The fourth-order valence-corrected chi connectivity index (χ4v) is 3.55. The lowest BCUT2D eigenvalue weighted by Gasteiger charge is -2.17. The van der Waals surface area contributed by atoms with Crippen molar-refractivity contribution in [1.82, 2.24) is 21.3 Å². The number of carbonyl (C=O) groups excluding carboxylic acids is 3. The van der Waals surface area contributed by atoms with Crippen LogP contribution in [-0.4, -0.2) is 50.8 Å². The van der Waals surface area contributed by atoms with Crippen molar-refractivity contribution >= 4 is 18.0 Å². The smallest absolute Gasteiger partial charge is 0.328 e. The lowest BCUT2D eigenvalue weighted by Crippen LogP contribution is -2.46. The molecule has 0 aliphatic heterocycles. The normalized spacial score (nSPS) is 11.5. The Labute approximate surface area is 201 Å². The second-order valence-electron chi connectivity index (χ2n) is 8.69. The van der Waals surface area contributed by atoms with Gasteiger partial charge in [-0.25, -0.2) is 14.4 Å². The summed E-state index contributed by atoms with van der Waals surface area (Å²) in [5.74, 6) is -0.450. The van der Waals surface area contributed by atoms with E-state index in [4.69, 9.17) is 4.74 Å². The third-order valence-corrected chi connectivity index (χ3v) is 5.63. The standard InChI is InChI=1S/C25H50N4O4/c1-4-6-8-10-12-15-19-26-24(31)27-21-17-14-18-22(23(30)33-3)29-25(32)28-20-16-13-11-9-7-5-2/h22H,4-21H2,1-3H3,(H2,26,27,31)(H2,28,29,32)/t22-/m0/s1. The molecule has 0 unspecified atom stereocenters. The maximum Gasteiger partial charge on any atom is 0.328 e. The monoisotopic (exact) mass is 470 g/mol. The summed E-state index contributed by atoms with van der Waals surface area (Å²) in [6, 6.07) is -1.17. The summed E-state index contributed by atoms with van der Waals surface area (Å²) in [5, 5.41) is 11.2. The minimum atomic E-state index is -0.680. The van der Waals surface area contributed by atoms with E-state index in [1.165, 1.54) is 58.5 Å². The molecule has 0 aromatic heterocycles. The van der Waals surface area contributed by atoms with Crippen molar-refractivity contribution in [2.45, 2.75) is 116 Å². The topological polar surface area (TPSA) is 109 Å². The van der Waals surface area contributed by atoms with Gasteiger partial charge in [0.15, 0.2) is 0 Å². The van der Waals surface area contributed by atoms with Crippen molar-refractivity contribution in [1.29, 1.82) is 0 Å². The van der Waals surface area contributed by atoms with Crippen molar-refractivity contribution in [3.05, 3.63) is 0 Å². The van der Waals surface area contributed by atoms with Crippen LogP contribution in [-0.2, 0) is 9.53 Å². The van der Waals surface area contributed by atoms with E-state index in [0.717, 1.165) is 32.1 Å². The first kappa shape index (κ1) is 31.0. The summed E-state index contributed by atoms with van der Waals surface area (Å²) >= 11 is 0. The van der Waals surface area contributed by atoms with Gasteiger partial charge in [0.2, 0.25) is 0 Å². The Bertz CT molecular complexity index is 503. The average molecular weight is 471 g/mol. The third-order valence-electron chi connectivity index (χ3n) is 5.63. The van der Waals surface area contributed by atoms with Crippen LogP contribution in [0.15, 0.2) is 0 Å². The molecule has 0 fully saturated rings. The van der Waals surface area contributed by atoms with Crippen LogP contribution < -0.4 is 21.3 Å². The van der Waals surface area contributed by atoms with Crippen LogP contribution in [0.2, 0.25) is 0 Å². The first-order valence-electron chi connectivity index (χ1n) is 13.2. The van der Waals surface area contributed by atoms with Gasteiger partial charge >= 0.3 is 18.0 Å². The summed E-state index contributed by atoms with van der Waals surface area (Å²) in [4.78, 5) is 35.9. The van der Waals surface area contributed by atoms with Crippen LogP contribution in [0.1, 0.15) is 110 Å². The zero-order valence-corrected chi connectivity index (χ0v) is 21.4. The predicted molar refractivity (Wildman–Crippen MR) is 134 cm³/mol. The molecule has 0 bridgehead atoms. The minimum absolute atomic E-state index is 0.153. The number of carbonyl (C=O) groups is 3. The van der Waals surface area contributed by atoms with Crippen molar-refractivity contribution in [3.8, 4) is 0 Å². The zero-order chi connectivity index (χ0) is 24.6. The van der Waals surface area contributed by atoms with Crippen LogP contribution >= 0.6 is 0 Å². The van der Waals surface area contributed by atoms with Gasteiger partial charge in [-0.3, -0.25) is 0 Å². The van der Waals surface area contributed by atoms with E-state index >= 15 is 0 Å². The number of hydrogen-bond acceptors (Lipinski definition) is 4. The molecule has 0 saturated carbocycles. The average Bonchev–Trinajstić information content (AvgIpc) is 2.81. The molecule has 0 heterocycles. The molecule has 0 rings (SSSR count). The fourth-order valence-electron chi connectivity index (χ4n) is 3.55. The summed E-state index contributed by atoms with van der Waals surface area (Å²) in [6.07, 6.45) is 16.0. The van der Waals surface area contributed by atoms with Crippen molar-refractivity contribution in [2.24, 2.45) is 0 Å². The Kier molecular flexibility index (Phi) is 21.8. The first-order valence-corrected chi connectivity index (χ1v) is 13.2. The van der Waals surface area contributed by atoms with Gasteiger partial charge in [-0.2, -0.15) is 0 Å². The zero-order valence-electron chi connectivity index (χ0n) is 21.4. The molecule has 8 heteroatoms. The number of nitrogens with one attached hydrogen (secondary N) is 4. The number of unbranched alkanes of at least 4 members (excludes halogenated alkanes) is 11. The molecule has 33 heavy (non-hydrogen) atoms. The Morgan fingerprint density at radius 3 is 1.52 bits per heavy atom. The molecule has 1 atom stereocenters. The second kappa shape index (κ2) is 23.2. The van der Waals surface area contributed by atoms with Gasteiger partial charge in [0, 0.05) is 19.6 Å². The molecular weight excluding hydrogens is 420 g/mol. The molecule has 194 valence electrons. The molecule has 0 aliphatic carbocycles. The minimum Gasteiger partial charge on any atom is -0.467 e. The number of ether oxygens (including phenoxy) is 1. The van der Waals surface area contributed by atoms with Crippen LogP contribution in [0.3, 0.4) is 0 Å². The first-order chi connectivity index (χ1) is 16.0. The van der Waals surface area contributed by atoms with E-state index in [9.17, 15) is 14.4 Å². The van der Waals surface area contributed by atoms with Gasteiger partial charge in [-0.05, 0) is 32.1 Å². The molecule has 4 amide bonds. The largest absolute Gasteiger partial charge is 0.467 e. The van der Waals surface area contributed by atoms with E-state index < -0.39 is 12.0 Å². The SMILES string of the molecule is CCCCCCCCNC(=O)NCCCC[C@H](NC(=O)NCCCCCCCC)C(=O)OC. The summed E-state index contributed by atoms with van der Waals surface area (Å²) in [6.45, 7) is 6.21. The van der Waals surface area contributed by atoms with Crippen LogP contribution in [0, 0.1) is 0 Å². The highest BCUT2D eigenvalue weighted by atomic mass is 16.5.